The number of aromatic nitrogens is 2. The van der Waals surface area contributed by atoms with E-state index < -0.39 is 6.04 Å². The fourth-order valence-electron chi connectivity index (χ4n) is 2.04. The molecular formula is C15H26N4O2. The molecule has 1 atom stereocenters. The number of hydrogen-bond acceptors (Lipinski definition) is 6. The smallest absolute Gasteiger partial charge is 0.328 e. The number of aryl methyl sites for hydroxylation is 1. The van der Waals surface area contributed by atoms with Crippen molar-refractivity contribution in [2.45, 2.75) is 46.1 Å². The summed E-state index contributed by atoms with van der Waals surface area (Å²) in [6.45, 7) is 6.22. The zero-order valence-corrected chi connectivity index (χ0v) is 13.6. The van der Waals surface area contributed by atoms with E-state index in [1.54, 1.807) is 6.07 Å². The van der Waals surface area contributed by atoms with Crippen LogP contribution in [0.5, 0.6) is 0 Å². The van der Waals surface area contributed by atoms with Gasteiger partial charge in [-0.1, -0.05) is 20.8 Å². The lowest BCUT2D eigenvalue weighted by Gasteiger charge is -2.19. The second-order valence-corrected chi connectivity index (χ2v) is 5.40. The molecule has 0 aromatic carbocycles. The third-order valence-electron chi connectivity index (χ3n) is 3.02. The molecule has 1 unspecified atom stereocenters. The Morgan fingerprint density at radius 2 is 2.00 bits per heavy atom. The SMILES string of the molecule is CCCc1nc(NC)cc(NC(CC(C)C)C(=O)OC)n1. The second-order valence-electron chi connectivity index (χ2n) is 5.40. The molecule has 0 saturated carbocycles. The maximum absolute atomic E-state index is 11.9. The van der Waals surface area contributed by atoms with Crippen molar-refractivity contribution in [1.29, 1.82) is 0 Å². The van der Waals surface area contributed by atoms with Gasteiger partial charge in [-0.05, 0) is 18.8 Å². The predicted octanol–water partition coefficient (Wildman–Crippen LogP) is 2.47. The van der Waals surface area contributed by atoms with Gasteiger partial charge in [0.05, 0.1) is 7.11 Å². The van der Waals surface area contributed by atoms with Gasteiger partial charge in [-0.25, -0.2) is 14.8 Å². The summed E-state index contributed by atoms with van der Waals surface area (Å²) in [6, 6.07) is 1.40. The minimum atomic E-state index is -0.399. The van der Waals surface area contributed by atoms with E-state index in [9.17, 15) is 4.79 Å². The van der Waals surface area contributed by atoms with Crippen molar-refractivity contribution >= 4 is 17.6 Å². The summed E-state index contributed by atoms with van der Waals surface area (Å²) in [7, 11) is 3.21. The fraction of sp³-hybridized carbons (Fsp3) is 0.667. The van der Waals surface area contributed by atoms with Gasteiger partial charge in [0.15, 0.2) is 0 Å². The normalized spacial score (nSPS) is 12.1. The van der Waals surface area contributed by atoms with Crippen LogP contribution in [-0.2, 0) is 16.0 Å². The molecule has 0 fully saturated rings. The third-order valence-corrected chi connectivity index (χ3v) is 3.02. The molecule has 0 bridgehead atoms. The Morgan fingerprint density at radius 3 is 2.52 bits per heavy atom. The molecule has 0 aliphatic rings. The van der Waals surface area contributed by atoms with Crippen molar-refractivity contribution < 1.29 is 9.53 Å². The lowest BCUT2D eigenvalue weighted by Crippen LogP contribution is -2.32. The standard InChI is InChI=1S/C15H26N4O2/c1-6-7-12-18-13(16-4)9-14(19-12)17-11(8-10(2)3)15(20)21-5/h9-11H,6-8H2,1-5H3,(H2,16,17,18,19). The van der Waals surface area contributed by atoms with Crippen LogP contribution in [0.4, 0.5) is 11.6 Å². The Morgan fingerprint density at radius 1 is 1.33 bits per heavy atom. The summed E-state index contributed by atoms with van der Waals surface area (Å²) >= 11 is 0. The van der Waals surface area contributed by atoms with Crippen molar-refractivity contribution in [1.82, 2.24) is 9.97 Å². The molecule has 1 rings (SSSR count). The molecule has 6 heteroatoms. The minimum Gasteiger partial charge on any atom is -0.467 e. The molecule has 118 valence electrons. The number of methoxy groups -OCH3 is 1. The molecule has 6 nitrogen and oxygen atoms in total. The highest BCUT2D eigenvalue weighted by molar-refractivity contribution is 5.79. The van der Waals surface area contributed by atoms with Crippen molar-refractivity contribution in [3.05, 3.63) is 11.9 Å². The number of nitrogens with zero attached hydrogens (tertiary/aromatic N) is 2. The second kappa shape index (κ2) is 8.44. The Balaban J connectivity index is 2.95. The van der Waals surface area contributed by atoms with Crippen LogP contribution in [0.2, 0.25) is 0 Å². The lowest BCUT2D eigenvalue weighted by molar-refractivity contribution is -0.141. The van der Waals surface area contributed by atoms with Crippen LogP contribution >= 0.6 is 0 Å². The van der Waals surface area contributed by atoms with E-state index in [0.29, 0.717) is 18.2 Å². The number of carbonyl (C=O) groups excluding carboxylic acids is 1. The van der Waals surface area contributed by atoms with Crippen LogP contribution in [0.15, 0.2) is 6.07 Å². The molecule has 0 amide bonds. The maximum Gasteiger partial charge on any atom is 0.328 e. The molecule has 2 N–H and O–H groups in total. The topological polar surface area (TPSA) is 76.1 Å². The van der Waals surface area contributed by atoms with Crippen LogP contribution < -0.4 is 10.6 Å². The van der Waals surface area contributed by atoms with Gasteiger partial charge in [0, 0.05) is 19.5 Å². The molecule has 0 radical (unpaired) electrons. The monoisotopic (exact) mass is 294 g/mol. The summed E-state index contributed by atoms with van der Waals surface area (Å²) in [5, 5.41) is 6.19. The van der Waals surface area contributed by atoms with Gasteiger partial charge in [0.1, 0.15) is 23.5 Å². The summed E-state index contributed by atoms with van der Waals surface area (Å²) in [6.07, 6.45) is 2.46. The molecule has 0 spiro atoms. The Labute approximate surface area is 126 Å². The largest absolute Gasteiger partial charge is 0.467 e. The van der Waals surface area contributed by atoms with E-state index in [4.69, 9.17) is 4.74 Å². The van der Waals surface area contributed by atoms with Gasteiger partial charge >= 0.3 is 5.97 Å². The lowest BCUT2D eigenvalue weighted by atomic mass is 10.0. The van der Waals surface area contributed by atoms with Gasteiger partial charge in [0.25, 0.3) is 0 Å². The number of anilines is 2. The van der Waals surface area contributed by atoms with Gasteiger partial charge in [-0.3, -0.25) is 0 Å². The van der Waals surface area contributed by atoms with Crippen molar-refractivity contribution in [3.63, 3.8) is 0 Å². The Bertz CT molecular complexity index is 463. The maximum atomic E-state index is 11.9. The Kier molecular flexibility index (Phi) is 6.91. The highest BCUT2D eigenvalue weighted by Crippen LogP contribution is 2.16. The summed E-state index contributed by atoms with van der Waals surface area (Å²) in [4.78, 5) is 20.7. The van der Waals surface area contributed by atoms with E-state index >= 15 is 0 Å². The van der Waals surface area contributed by atoms with Crippen LogP contribution in [0.3, 0.4) is 0 Å². The van der Waals surface area contributed by atoms with E-state index in [2.05, 4.69) is 41.4 Å². The molecule has 1 aromatic rings. The first kappa shape index (κ1) is 17.2. The molecule has 0 saturated heterocycles. The van der Waals surface area contributed by atoms with Crippen LogP contribution in [0.1, 0.15) is 39.4 Å². The van der Waals surface area contributed by atoms with Crippen LogP contribution in [0.25, 0.3) is 0 Å². The summed E-state index contributed by atoms with van der Waals surface area (Å²) in [5.74, 6) is 2.26. The quantitative estimate of drug-likeness (QED) is 0.717. The highest BCUT2D eigenvalue weighted by Gasteiger charge is 2.21. The third kappa shape index (κ3) is 5.57. The van der Waals surface area contributed by atoms with E-state index in [0.717, 1.165) is 24.5 Å². The highest BCUT2D eigenvalue weighted by atomic mass is 16.5. The molecule has 21 heavy (non-hydrogen) atoms. The molecule has 1 heterocycles. The molecule has 1 aromatic heterocycles. The van der Waals surface area contributed by atoms with E-state index in [1.165, 1.54) is 7.11 Å². The first-order valence-electron chi connectivity index (χ1n) is 7.40. The zero-order valence-electron chi connectivity index (χ0n) is 13.6. The van der Waals surface area contributed by atoms with Gasteiger partial charge < -0.3 is 15.4 Å². The number of rotatable bonds is 8. The zero-order chi connectivity index (χ0) is 15.8. The van der Waals surface area contributed by atoms with Gasteiger partial charge in [-0.2, -0.15) is 0 Å². The number of ether oxygens (including phenoxy) is 1. The Hall–Kier alpha value is -1.85. The average molecular weight is 294 g/mol. The summed E-state index contributed by atoms with van der Waals surface area (Å²) < 4.78 is 4.86. The minimum absolute atomic E-state index is 0.273. The van der Waals surface area contributed by atoms with Crippen molar-refractivity contribution in [2.24, 2.45) is 5.92 Å². The molecular weight excluding hydrogens is 268 g/mol. The first-order valence-corrected chi connectivity index (χ1v) is 7.40. The van der Waals surface area contributed by atoms with Gasteiger partial charge in [0.2, 0.25) is 0 Å². The van der Waals surface area contributed by atoms with Crippen molar-refractivity contribution in [2.75, 3.05) is 24.8 Å². The van der Waals surface area contributed by atoms with E-state index in [-0.39, 0.29) is 5.97 Å². The first-order chi connectivity index (χ1) is 9.99. The number of hydrogen-bond donors (Lipinski definition) is 2. The number of esters is 1. The fourth-order valence-corrected chi connectivity index (χ4v) is 2.04. The average Bonchev–Trinajstić information content (AvgIpc) is 2.45. The predicted molar refractivity (Wildman–Crippen MR) is 84.5 cm³/mol. The van der Waals surface area contributed by atoms with Crippen molar-refractivity contribution in [3.8, 4) is 0 Å². The van der Waals surface area contributed by atoms with E-state index in [1.807, 2.05) is 7.05 Å². The number of carbonyl (C=O) groups is 1. The molecule has 0 aliphatic heterocycles. The number of nitrogens with one attached hydrogen (secondary N) is 2. The van der Waals surface area contributed by atoms with Gasteiger partial charge in [-0.15, -0.1) is 0 Å². The van der Waals surface area contributed by atoms with Crippen LogP contribution in [-0.4, -0.2) is 36.1 Å². The van der Waals surface area contributed by atoms with Crippen LogP contribution in [0, 0.1) is 5.92 Å². The molecule has 0 aliphatic carbocycles. The summed E-state index contributed by atoms with van der Waals surface area (Å²) in [5.41, 5.74) is 0.